The van der Waals surface area contributed by atoms with Gasteiger partial charge >= 0.3 is 0 Å². The van der Waals surface area contributed by atoms with Crippen LogP contribution < -0.4 is 5.32 Å². The molecule has 2 atom stereocenters. The zero-order chi connectivity index (χ0) is 18.1. The van der Waals surface area contributed by atoms with Gasteiger partial charge in [-0.15, -0.1) is 0 Å². The monoisotopic (exact) mass is 366 g/mol. The van der Waals surface area contributed by atoms with Gasteiger partial charge in [0.15, 0.2) is 5.11 Å². The van der Waals surface area contributed by atoms with Gasteiger partial charge in [-0.1, -0.05) is 18.2 Å². The molecule has 1 fully saturated rings. The average molecular weight is 366 g/mol. The number of hydrogen-bond donors (Lipinski definition) is 1. The maximum absolute atomic E-state index is 14.4. The Balaban J connectivity index is 1.83. The van der Waals surface area contributed by atoms with Crippen molar-refractivity contribution in [3.05, 3.63) is 84.2 Å². The van der Waals surface area contributed by atoms with E-state index in [1.165, 1.54) is 6.07 Å². The largest absolute Gasteiger partial charge is 0.352 e. The van der Waals surface area contributed by atoms with Crippen LogP contribution in [0.2, 0.25) is 0 Å². The topological polar surface area (TPSA) is 33.1 Å². The summed E-state index contributed by atoms with van der Waals surface area (Å²) in [4.78, 5) is 6.64. The molecule has 0 saturated carbocycles. The number of thiocarbonyl (C=S) groups is 1. The third-order valence-electron chi connectivity index (χ3n) is 4.73. The molecule has 0 aliphatic carbocycles. The number of halogens is 1. The van der Waals surface area contributed by atoms with Crippen molar-refractivity contribution in [2.75, 3.05) is 6.54 Å². The Hall–Kier alpha value is -2.73. The lowest BCUT2D eigenvalue weighted by Gasteiger charge is -2.28. The smallest absolute Gasteiger partial charge is 0.170 e. The lowest BCUT2D eigenvalue weighted by atomic mass is 10.0. The predicted molar refractivity (Wildman–Crippen MR) is 104 cm³/mol. The zero-order valence-electron chi connectivity index (χ0n) is 14.3. The summed E-state index contributed by atoms with van der Waals surface area (Å²) >= 11 is 5.56. The molecule has 1 aromatic carbocycles. The molecule has 4 rings (SSSR count). The number of aromatic nitrogens is 2. The van der Waals surface area contributed by atoms with Crippen molar-refractivity contribution in [2.45, 2.75) is 19.0 Å². The van der Waals surface area contributed by atoms with E-state index in [0.29, 0.717) is 10.8 Å². The van der Waals surface area contributed by atoms with Gasteiger partial charge in [0.1, 0.15) is 5.82 Å². The molecule has 1 aliphatic heterocycles. The molecular formula is C20H19FN4S. The minimum absolute atomic E-state index is 0.0722. The van der Waals surface area contributed by atoms with E-state index < -0.39 is 0 Å². The van der Waals surface area contributed by atoms with Gasteiger partial charge in [0.25, 0.3) is 0 Å². The number of nitrogens with zero attached hydrogens (tertiary/aromatic N) is 3. The number of nitrogens with one attached hydrogen (secondary N) is 1. The molecule has 1 N–H and O–H groups in total. The van der Waals surface area contributed by atoms with E-state index in [0.717, 1.165) is 17.9 Å². The SMILES string of the molecule is CCN1C(=S)N[C@@H](c2ccccn2)[C@H]1c1cccn1-c1ccccc1F. The fourth-order valence-corrected chi connectivity index (χ4v) is 3.94. The van der Waals surface area contributed by atoms with Crippen LogP contribution >= 0.6 is 12.2 Å². The fraction of sp³-hybridized carbons (Fsp3) is 0.200. The number of likely N-dealkylation sites (N-methyl/N-ethyl adjacent to an activating group) is 1. The Morgan fingerprint density at radius 3 is 2.65 bits per heavy atom. The lowest BCUT2D eigenvalue weighted by molar-refractivity contribution is 0.320. The van der Waals surface area contributed by atoms with Crippen molar-refractivity contribution in [3.8, 4) is 5.69 Å². The highest BCUT2D eigenvalue weighted by atomic mass is 32.1. The van der Waals surface area contributed by atoms with Gasteiger partial charge in [0.2, 0.25) is 0 Å². The predicted octanol–water partition coefficient (Wildman–Crippen LogP) is 4.00. The molecule has 3 heterocycles. The Kier molecular flexibility index (Phi) is 4.42. The molecule has 0 amide bonds. The molecule has 3 aromatic rings. The van der Waals surface area contributed by atoms with E-state index in [1.807, 2.05) is 47.2 Å². The van der Waals surface area contributed by atoms with E-state index in [1.54, 1.807) is 18.3 Å². The molecule has 0 unspecified atom stereocenters. The van der Waals surface area contributed by atoms with Gasteiger partial charge in [-0.05, 0) is 55.5 Å². The van der Waals surface area contributed by atoms with E-state index in [4.69, 9.17) is 12.2 Å². The first-order valence-electron chi connectivity index (χ1n) is 8.61. The van der Waals surface area contributed by atoms with Crippen LogP contribution in [0.15, 0.2) is 67.0 Å². The average Bonchev–Trinajstić information content (AvgIpc) is 3.26. The van der Waals surface area contributed by atoms with E-state index in [-0.39, 0.29) is 17.9 Å². The first-order chi connectivity index (χ1) is 12.7. The summed E-state index contributed by atoms with van der Waals surface area (Å²) in [7, 11) is 0. The second-order valence-electron chi connectivity index (χ2n) is 6.17. The molecule has 0 bridgehead atoms. The molecule has 26 heavy (non-hydrogen) atoms. The minimum atomic E-state index is -0.254. The maximum Gasteiger partial charge on any atom is 0.170 e. The normalized spacial score (nSPS) is 19.6. The summed E-state index contributed by atoms with van der Waals surface area (Å²) in [6.07, 6.45) is 3.67. The summed E-state index contributed by atoms with van der Waals surface area (Å²) < 4.78 is 16.3. The zero-order valence-corrected chi connectivity index (χ0v) is 15.2. The summed E-state index contributed by atoms with van der Waals surface area (Å²) in [5, 5.41) is 4.08. The van der Waals surface area contributed by atoms with Crippen LogP contribution in [0, 0.1) is 5.82 Å². The third-order valence-corrected chi connectivity index (χ3v) is 5.09. The van der Waals surface area contributed by atoms with Gasteiger partial charge in [-0.25, -0.2) is 4.39 Å². The first kappa shape index (κ1) is 16.7. The molecule has 1 saturated heterocycles. The second kappa shape index (κ2) is 6.88. The van der Waals surface area contributed by atoms with Gasteiger partial charge in [0.05, 0.1) is 23.5 Å². The number of rotatable bonds is 4. The standard InChI is InChI=1S/C20H19FN4S/c1-2-24-19(18(23-20(24)26)15-9-5-6-12-22-15)17-11-7-13-25(17)16-10-4-3-8-14(16)21/h3-13,18-19H,2H2,1H3,(H,23,26)/t18-,19+/m0/s1. The van der Waals surface area contributed by atoms with Gasteiger partial charge < -0.3 is 14.8 Å². The molecule has 1 aliphatic rings. The van der Waals surface area contributed by atoms with Crippen molar-refractivity contribution in [1.82, 2.24) is 19.8 Å². The van der Waals surface area contributed by atoms with Gasteiger partial charge in [-0.2, -0.15) is 0 Å². The van der Waals surface area contributed by atoms with Crippen molar-refractivity contribution in [3.63, 3.8) is 0 Å². The van der Waals surface area contributed by atoms with Crippen molar-refractivity contribution in [1.29, 1.82) is 0 Å². The Morgan fingerprint density at radius 1 is 1.12 bits per heavy atom. The van der Waals surface area contributed by atoms with E-state index in [9.17, 15) is 4.39 Å². The van der Waals surface area contributed by atoms with Crippen LogP contribution in [0.5, 0.6) is 0 Å². The molecule has 4 nitrogen and oxygen atoms in total. The Labute approximate surface area is 157 Å². The molecule has 0 radical (unpaired) electrons. The number of para-hydroxylation sites is 1. The van der Waals surface area contributed by atoms with Crippen LogP contribution in [-0.2, 0) is 0 Å². The fourth-order valence-electron chi connectivity index (χ4n) is 3.57. The minimum Gasteiger partial charge on any atom is -0.352 e. The van der Waals surface area contributed by atoms with Crippen molar-refractivity contribution >= 4 is 17.3 Å². The second-order valence-corrected chi connectivity index (χ2v) is 6.55. The Bertz CT molecular complexity index is 924. The van der Waals surface area contributed by atoms with Crippen molar-refractivity contribution in [2.24, 2.45) is 0 Å². The van der Waals surface area contributed by atoms with E-state index >= 15 is 0 Å². The highest BCUT2D eigenvalue weighted by molar-refractivity contribution is 7.80. The molecular weight excluding hydrogens is 347 g/mol. The van der Waals surface area contributed by atoms with Crippen LogP contribution in [0.3, 0.4) is 0 Å². The number of hydrogen-bond acceptors (Lipinski definition) is 2. The lowest BCUT2D eigenvalue weighted by Crippen LogP contribution is -2.30. The van der Waals surface area contributed by atoms with Crippen LogP contribution in [0.1, 0.15) is 30.4 Å². The van der Waals surface area contributed by atoms with Crippen LogP contribution in [0.25, 0.3) is 5.69 Å². The van der Waals surface area contributed by atoms with Crippen LogP contribution in [-0.4, -0.2) is 26.1 Å². The molecule has 6 heteroatoms. The molecule has 0 spiro atoms. The Morgan fingerprint density at radius 2 is 1.92 bits per heavy atom. The summed E-state index contributed by atoms with van der Waals surface area (Å²) in [5.74, 6) is -0.254. The highest BCUT2D eigenvalue weighted by Crippen LogP contribution is 2.39. The molecule has 2 aromatic heterocycles. The quantitative estimate of drug-likeness (QED) is 0.708. The summed E-state index contributed by atoms with van der Waals surface area (Å²) in [6, 6.07) is 16.4. The van der Waals surface area contributed by atoms with Crippen LogP contribution in [0.4, 0.5) is 4.39 Å². The van der Waals surface area contributed by atoms with Gasteiger partial charge in [-0.3, -0.25) is 4.98 Å². The summed E-state index contributed by atoms with van der Waals surface area (Å²) in [5.41, 5.74) is 2.41. The first-order valence-corrected chi connectivity index (χ1v) is 9.01. The van der Waals surface area contributed by atoms with Gasteiger partial charge in [0, 0.05) is 24.6 Å². The maximum atomic E-state index is 14.4. The number of benzene rings is 1. The van der Waals surface area contributed by atoms with E-state index in [2.05, 4.69) is 22.1 Å². The summed E-state index contributed by atoms with van der Waals surface area (Å²) in [6.45, 7) is 2.82. The van der Waals surface area contributed by atoms with Crippen molar-refractivity contribution < 1.29 is 4.39 Å². The highest BCUT2D eigenvalue weighted by Gasteiger charge is 2.40. The third kappa shape index (κ3) is 2.76. The molecule has 132 valence electrons. The number of pyridine rings is 1.